The largest absolute Gasteiger partial charge is 0.397 e. The highest BCUT2D eigenvalue weighted by Gasteiger charge is 2.56. The molecule has 0 unspecified atom stereocenters. The molecule has 0 radical (unpaired) electrons. The Hall–Kier alpha value is -2.09. The summed E-state index contributed by atoms with van der Waals surface area (Å²) >= 11 is 0. The maximum absolute atomic E-state index is 13.0. The molecular formula is C20H23F3N2O3. The number of aliphatic hydroxyl groups is 1. The number of rotatable bonds is 3. The van der Waals surface area contributed by atoms with Crippen molar-refractivity contribution in [1.29, 1.82) is 0 Å². The van der Waals surface area contributed by atoms with E-state index in [-0.39, 0.29) is 36.9 Å². The first-order valence-corrected chi connectivity index (χ1v) is 9.71. The monoisotopic (exact) mass is 396 g/mol. The Labute approximate surface area is 161 Å². The van der Waals surface area contributed by atoms with Crippen LogP contribution >= 0.6 is 0 Å². The molecule has 2 heterocycles. The highest BCUT2D eigenvalue weighted by Crippen LogP contribution is 2.49. The number of carbonyl (C=O) groups is 2. The average molecular weight is 396 g/mol. The van der Waals surface area contributed by atoms with Crippen molar-refractivity contribution >= 4 is 17.5 Å². The Morgan fingerprint density at radius 2 is 1.82 bits per heavy atom. The lowest BCUT2D eigenvalue weighted by molar-refractivity contribution is -0.158. The Morgan fingerprint density at radius 1 is 1.14 bits per heavy atom. The lowest BCUT2D eigenvalue weighted by Crippen LogP contribution is -2.71. The van der Waals surface area contributed by atoms with Gasteiger partial charge in [-0.25, -0.2) is 0 Å². The summed E-state index contributed by atoms with van der Waals surface area (Å²) in [5, 5.41) is 9.92. The Bertz CT molecular complexity index is 776. The molecule has 4 rings (SSSR count). The van der Waals surface area contributed by atoms with Gasteiger partial charge in [-0.3, -0.25) is 9.59 Å². The van der Waals surface area contributed by atoms with Crippen LogP contribution in [0.2, 0.25) is 0 Å². The van der Waals surface area contributed by atoms with Gasteiger partial charge in [-0.1, -0.05) is 31.0 Å². The fourth-order valence-corrected chi connectivity index (χ4v) is 5.08. The molecular weight excluding hydrogens is 373 g/mol. The van der Waals surface area contributed by atoms with E-state index >= 15 is 0 Å². The van der Waals surface area contributed by atoms with Crippen molar-refractivity contribution < 1.29 is 27.9 Å². The molecule has 1 aliphatic carbocycles. The molecule has 2 amide bonds. The summed E-state index contributed by atoms with van der Waals surface area (Å²) in [6, 6.07) is 6.08. The number of hydrogen-bond donors (Lipinski definition) is 1. The van der Waals surface area contributed by atoms with Gasteiger partial charge in [0.1, 0.15) is 6.42 Å². The molecule has 1 aromatic rings. The van der Waals surface area contributed by atoms with Gasteiger partial charge in [0.2, 0.25) is 11.8 Å². The summed E-state index contributed by atoms with van der Waals surface area (Å²) in [6.45, 7) is -0.171. The molecule has 5 nitrogen and oxygen atoms in total. The van der Waals surface area contributed by atoms with E-state index in [0.717, 1.165) is 36.1 Å². The van der Waals surface area contributed by atoms with E-state index in [0.29, 0.717) is 5.69 Å². The molecule has 1 aromatic carbocycles. The zero-order chi connectivity index (χ0) is 20.1. The first-order chi connectivity index (χ1) is 13.3. The summed E-state index contributed by atoms with van der Waals surface area (Å²) in [6.07, 6.45) is -2.53. The third kappa shape index (κ3) is 3.17. The van der Waals surface area contributed by atoms with Crippen molar-refractivity contribution in [1.82, 2.24) is 4.90 Å². The zero-order valence-corrected chi connectivity index (χ0v) is 15.4. The van der Waals surface area contributed by atoms with E-state index in [1.165, 1.54) is 0 Å². The van der Waals surface area contributed by atoms with Crippen LogP contribution in [0.5, 0.6) is 0 Å². The van der Waals surface area contributed by atoms with Gasteiger partial charge in [-0.15, -0.1) is 0 Å². The fraction of sp³-hybridized carbons (Fsp3) is 0.600. The minimum absolute atomic E-state index is 0.0333. The van der Waals surface area contributed by atoms with Crippen LogP contribution in [0.3, 0.4) is 0 Å². The smallest absolute Gasteiger partial charge is 0.394 e. The number of fused-ring (bicyclic) bond motifs is 3. The zero-order valence-electron chi connectivity index (χ0n) is 15.4. The summed E-state index contributed by atoms with van der Waals surface area (Å²) in [5.74, 6) is -1.31. The van der Waals surface area contributed by atoms with Crippen LogP contribution in [-0.2, 0) is 9.59 Å². The Kier molecular flexibility index (Phi) is 4.85. The molecule has 1 N–H and O–H groups in total. The average Bonchev–Trinajstić information content (AvgIpc) is 3.15. The van der Waals surface area contributed by atoms with E-state index in [2.05, 4.69) is 0 Å². The Morgan fingerprint density at radius 3 is 2.46 bits per heavy atom. The summed E-state index contributed by atoms with van der Waals surface area (Å²) < 4.78 is 38.4. The molecule has 3 atom stereocenters. The summed E-state index contributed by atoms with van der Waals surface area (Å²) in [7, 11) is 0. The molecule has 0 bridgehead atoms. The fourth-order valence-electron chi connectivity index (χ4n) is 5.08. The predicted octanol–water partition coefficient (Wildman–Crippen LogP) is 2.83. The first kappa shape index (κ1) is 19.2. The topological polar surface area (TPSA) is 60.9 Å². The summed E-state index contributed by atoms with van der Waals surface area (Å²) in [5.41, 5.74) is 1.17. The third-order valence-corrected chi connectivity index (χ3v) is 6.30. The van der Waals surface area contributed by atoms with Crippen molar-refractivity contribution in [2.75, 3.05) is 18.1 Å². The molecule has 28 heavy (non-hydrogen) atoms. The van der Waals surface area contributed by atoms with E-state index < -0.39 is 24.5 Å². The van der Waals surface area contributed by atoms with E-state index in [4.69, 9.17) is 0 Å². The maximum atomic E-state index is 13.0. The number of likely N-dealkylation sites (tertiary alicyclic amines) is 1. The van der Waals surface area contributed by atoms with Gasteiger partial charge >= 0.3 is 6.18 Å². The number of alkyl halides is 3. The second kappa shape index (κ2) is 7.06. The molecule has 1 saturated heterocycles. The van der Waals surface area contributed by atoms with Gasteiger partial charge in [-0.05, 0) is 24.5 Å². The molecule has 2 fully saturated rings. The lowest BCUT2D eigenvalue weighted by Gasteiger charge is -2.59. The number of halogens is 3. The van der Waals surface area contributed by atoms with E-state index in [9.17, 15) is 27.9 Å². The lowest BCUT2D eigenvalue weighted by atomic mass is 9.71. The van der Waals surface area contributed by atoms with Crippen molar-refractivity contribution in [3.05, 3.63) is 29.8 Å². The normalized spacial score (nSPS) is 27.2. The van der Waals surface area contributed by atoms with Gasteiger partial charge in [0.15, 0.2) is 0 Å². The number of hydrogen-bond acceptors (Lipinski definition) is 3. The van der Waals surface area contributed by atoms with Crippen molar-refractivity contribution in [3.8, 4) is 0 Å². The maximum Gasteiger partial charge on any atom is 0.397 e. The quantitative estimate of drug-likeness (QED) is 0.855. The number of anilines is 1. The second-order valence-electron chi connectivity index (χ2n) is 7.93. The minimum atomic E-state index is -4.59. The molecule has 1 saturated carbocycles. The van der Waals surface area contributed by atoms with Crippen LogP contribution in [0, 0.1) is 5.92 Å². The SMILES string of the molecule is O=C(CC(F)(F)F)N1C[C@H]2[C@@H](c3ccccc31)[C@@H](CO)N2C(=O)C1CCCC1. The summed E-state index contributed by atoms with van der Waals surface area (Å²) in [4.78, 5) is 28.2. The molecule has 0 spiro atoms. The number of para-hydroxylation sites is 1. The van der Waals surface area contributed by atoms with Gasteiger partial charge in [0, 0.05) is 24.1 Å². The van der Waals surface area contributed by atoms with Gasteiger partial charge < -0.3 is 14.9 Å². The van der Waals surface area contributed by atoms with Crippen LogP contribution in [0.4, 0.5) is 18.9 Å². The molecule has 0 aromatic heterocycles. The number of aliphatic hydroxyl groups excluding tert-OH is 1. The van der Waals surface area contributed by atoms with Crippen LogP contribution in [0.15, 0.2) is 24.3 Å². The van der Waals surface area contributed by atoms with E-state index in [1.807, 2.05) is 0 Å². The van der Waals surface area contributed by atoms with Crippen LogP contribution in [0.1, 0.15) is 43.6 Å². The predicted molar refractivity (Wildman–Crippen MR) is 95.7 cm³/mol. The van der Waals surface area contributed by atoms with Crippen molar-refractivity contribution in [2.24, 2.45) is 5.92 Å². The number of nitrogens with zero attached hydrogens (tertiary/aromatic N) is 2. The molecule has 152 valence electrons. The first-order valence-electron chi connectivity index (χ1n) is 9.71. The van der Waals surface area contributed by atoms with Crippen LogP contribution in [0.25, 0.3) is 0 Å². The van der Waals surface area contributed by atoms with Crippen LogP contribution < -0.4 is 4.90 Å². The van der Waals surface area contributed by atoms with E-state index in [1.54, 1.807) is 29.2 Å². The number of amides is 2. The number of carbonyl (C=O) groups excluding carboxylic acids is 2. The standard InChI is InChI=1S/C20H23F3N2O3/c21-20(22,23)9-17(27)24-10-15-18(13-7-3-4-8-14(13)24)16(11-26)25(15)19(28)12-5-1-2-6-12/h3-4,7-8,12,15-16,18,26H,1-2,5-6,9-11H2/t15-,16+,18+/m0/s1. The Balaban J connectivity index is 1.65. The van der Waals surface area contributed by atoms with Crippen LogP contribution in [-0.4, -0.2) is 53.2 Å². The van der Waals surface area contributed by atoms with Gasteiger partial charge in [0.05, 0.1) is 18.7 Å². The molecule has 3 aliphatic rings. The second-order valence-corrected chi connectivity index (χ2v) is 7.93. The molecule has 2 aliphatic heterocycles. The third-order valence-electron chi connectivity index (χ3n) is 6.30. The van der Waals surface area contributed by atoms with Crippen molar-refractivity contribution in [3.63, 3.8) is 0 Å². The number of benzene rings is 1. The molecule has 8 heteroatoms. The van der Waals surface area contributed by atoms with Gasteiger partial charge in [0.25, 0.3) is 0 Å². The highest BCUT2D eigenvalue weighted by atomic mass is 19.4. The van der Waals surface area contributed by atoms with Crippen molar-refractivity contribution in [2.45, 2.75) is 56.3 Å². The van der Waals surface area contributed by atoms with Gasteiger partial charge in [-0.2, -0.15) is 13.2 Å². The minimum Gasteiger partial charge on any atom is -0.394 e. The highest BCUT2D eigenvalue weighted by molar-refractivity contribution is 5.96.